The van der Waals surface area contributed by atoms with E-state index >= 15 is 0 Å². The van der Waals surface area contributed by atoms with Crippen molar-refractivity contribution in [3.63, 3.8) is 0 Å². The van der Waals surface area contributed by atoms with Crippen LogP contribution in [0.15, 0.2) is 53.5 Å². The molecule has 87 heavy (non-hydrogen) atoms. The molecule has 0 bridgehead atoms. The number of hydrogen-bond donors (Lipinski definition) is 12. The summed E-state index contributed by atoms with van der Waals surface area (Å²) in [5.74, 6) is -6.97. The van der Waals surface area contributed by atoms with Crippen molar-refractivity contribution in [3.8, 4) is 5.75 Å². The highest BCUT2D eigenvalue weighted by atomic mass is 16.4. The maximum atomic E-state index is 13.6. The number of aliphatic imine (C=N–C) groups is 1. The molecule has 2 atom stereocenters. The number of carboxylic acid groups (broad SMARTS) is 3. The molecule has 0 radical (unpaired) electrons. The monoisotopic (exact) mass is 1220 g/mol. The Morgan fingerprint density at radius 1 is 0.552 bits per heavy atom. The number of anilines is 1. The molecule has 1 unspecified atom stereocenters. The number of guanidine groups is 1. The predicted octanol–water partition coefficient (Wildman–Crippen LogP) is -3.01. The number of aromatic hydroxyl groups is 1. The zero-order valence-corrected chi connectivity index (χ0v) is 50.4. The van der Waals surface area contributed by atoms with Crippen molar-refractivity contribution >= 4 is 76.9 Å². The lowest BCUT2D eigenvalue weighted by atomic mass is 9.99. The summed E-state index contributed by atoms with van der Waals surface area (Å²) in [5, 5.41) is 57.8. The van der Waals surface area contributed by atoms with E-state index in [-0.39, 0.29) is 155 Å². The molecule has 2 aromatic carbocycles. The van der Waals surface area contributed by atoms with Crippen molar-refractivity contribution < 1.29 is 73.2 Å². The van der Waals surface area contributed by atoms with Gasteiger partial charge in [0.05, 0.1) is 51.7 Å². The van der Waals surface area contributed by atoms with Crippen LogP contribution < -0.4 is 43.0 Å². The van der Waals surface area contributed by atoms with Gasteiger partial charge in [0.2, 0.25) is 41.4 Å². The minimum absolute atomic E-state index is 0.0732. The van der Waals surface area contributed by atoms with E-state index in [0.717, 1.165) is 16.2 Å². The normalized spacial score (nSPS) is 14.5. The van der Waals surface area contributed by atoms with Crippen LogP contribution in [0.25, 0.3) is 0 Å². The van der Waals surface area contributed by atoms with Crippen LogP contribution in [0.5, 0.6) is 5.75 Å². The molecule has 2 aromatic rings. The SMILES string of the molecule is CCC(=O)NCCNC(=O)/N=C(/N)NCCC[C@@H](NC(=O)C(C)c1ccc(NCCCNC(=O)CN(C)C(=O)CN(C)C(=O)CN(C)C(=O)CN2CCN(CC(=O)O)CCN(CC(=O)O)CCN(CC(=O)O)CC2)cc1)C(=O)NCc1ccc(O)cc1. The fourth-order valence-electron chi connectivity index (χ4n) is 8.57. The zero-order valence-electron chi connectivity index (χ0n) is 50.4. The second-order valence-electron chi connectivity index (χ2n) is 21.0. The Hall–Kier alpha value is -8.68. The van der Waals surface area contributed by atoms with Crippen LogP contribution in [-0.2, 0) is 54.5 Å². The fraction of sp³-hybridized carbons (Fsp3) is 0.571. The first-order chi connectivity index (χ1) is 41.3. The third kappa shape index (κ3) is 30.3. The van der Waals surface area contributed by atoms with E-state index in [1.165, 1.54) is 43.1 Å². The van der Waals surface area contributed by atoms with Gasteiger partial charge in [-0.2, -0.15) is 4.99 Å². The summed E-state index contributed by atoms with van der Waals surface area (Å²) in [7, 11) is 4.23. The number of carbonyl (C=O) groups excluding carboxylic acids is 8. The van der Waals surface area contributed by atoms with Crippen LogP contribution in [0.2, 0.25) is 0 Å². The summed E-state index contributed by atoms with van der Waals surface area (Å²) in [6, 6.07) is 11.8. The molecule has 1 aliphatic heterocycles. The summed E-state index contributed by atoms with van der Waals surface area (Å²) >= 11 is 0. The number of benzene rings is 2. The van der Waals surface area contributed by atoms with E-state index in [4.69, 9.17) is 5.73 Å². The molecule has 0 saturated carbocycles. The second-order valence-corrected chi connectivity index (χ2v) is 21.0. The van der Waals surface area contributed by atoms with Gasteiger partial charge in [-0.1, -0.05) is 31.2 Å². The highest BCUT2D eigenvalue weighted by Crippen LogP contribution is 2.19. The zero-order chi connectivity index (χ0) is 64.4. The van der Waals surface area contributed by atoms with Crippen molar-refractivity contribution in [2.45, 2.75) is 58.0 Å². The lowest BCUT2D eigenvalue weighted by Crippen LogP contribution is -2.50. The molecule has 13 N–H and O–H groups in total. The topological polar surface area (TPSA) is 414 Å². The van der Waals surface area contributed by atoms with Gasteiger partial charge in [-0.05, 0) is 61.6 Å². The van der Waals surface area contributed by atoms with Gasteiger partial charge >= 0.3 is 23.9 Å². The van der Waals surface area contributed by atoms with Crippen molar-refractivity contribution in [3.05, 3.63) is 59.7 Å². The van der Waals surface area contributed by atoms with Gasteiger partial charge in [-0.3, -0.25) is 67.5 Å². The quantitative estimate of drug-likeness (QED) is 0.0192. The Morgan fingerprint density at radius 3 is 1.54 bits per heavy atom. The highest BCUT2D eigenvalue weighted by molar-refractivity contribution is 5.92. The molecular formula is C56H88N16O15. The number of hydrogen-bond acceptors (Lipinski definition) is 17. The molecule has 1 aliphatic rings. The van der Waals surface area contributed by atoms with Crippen LogP contribution >= 0.6 is 0 Å². The van der Waals surface area contributed by atoms with Crippen molar-refractivity contribution in [1.29, 1.82) is 0 Å². The molecule has 1 saturated heterocycles. The number of nitrogens with two attached hydrogens (primary N) is 1. The van der Waals surface area contributed by atoms with E-state index in [1.54, 1.807) is 69.8 Å². The Morgan fingerprint density at radius 2 is 1.02 bits per heavy atom. The lowest BCUT2D eigenvalue weighted by Gasteiger charge is -2.33. The molecule has 482 valence electrons. The minimum Gasteiger partial charge on any atom is -0.508 e. The van der Waals surface area contributed by atoms with Gasteiger partial charge in [0, 0.05) is 125 Å². The summed E-state index contributed by atoms with van der Waals surface area (Å²) in [5.41, 5.74) is 8.02. The van der Waals surface area contributed by atoms with Crippen molar-refractivity contribution in [2.24, 2.45) is 10.7 Å². The Labute approximate surface area is 506 Å². The molecule has 0 spiro atoms. The molecular weight excluding hydrogens is 1140 g/mol. The Bertz CT molecular complexity index is 2600. The first-order valence-corrected chi connectivity index (χ1v) is 28.7. The Balaban J connectivity index is 1.44. The van der Waals surface area contributed by atoms with E-state index in [2.05, 4.69) is 42.2 Å². The van der Waals surface area contributed by atoms with Crippen LogP contribution in [-0.4, -0.2) is 284 Å². The maximum absolute atomic E-state index is 13.6. The molecule has 1 heterocycles. The fourth-order valence-corrected chi connectivity index (χ4v) is 8.57. The number of phenols is 1. The van der Waals surface area contributed by atoms with Crippen molar-refractivity contribution in [1.82, 2.24) is 66.2 Å². The Kier molecular flexibility index (Phi) is 32.6. The number of rotatable bonds is 33. The van der Waals surface area contributed by atoms with E-state index < -0.39 is 71.3 Å². The van der Waals surface area contributed by atoms with Crippen LogP contribution in [0.4, 0.5) is 10.5 Å². The number of urea groups is 1. The molecule has 1 fully saturated rings. The number of likely N-dealkylation sites (N-methyl/N-ethyl adjacent to an activating group) is 3. The standard InChI is InChI=1S/C56H88N16O15/c1-6-45(74)60-21-22-62-56(87)65-55(57)61-18-7-9-44(54(86)63-31-40-10-16-43(73)17-11-40)64-53(85)39(2)41-12-14-42(15-13-41)58-19-8-20-59-46(75)32-66(3)47(76)33-67(4)48(77)34-68(5)49(78)35-69-23-25-70(36-50(79)80)27-29-72(38-52(83)84)30-28-71(26-24-69)37-51(81)82/h10-17,39,44,58,73H,6-9,18-38H2,1-5H3,(H,59,75)(H,60,74)(H,63,86)(H,64,85)(H,79,80)(H,81,82)(H,83,84)(H4,57,61,62,65,87)/t39?,44-/m1/s1. The van der Waals surface area contributed by atoms with Gasteiger partial charge in [-0.15, -0.1) is 0 Å². The number of nitrogens with zero attached hydrogens (tertiary/aromatic N) is 8. The van der Waals surface area contributed by atoms with Gasteiger partial charge in [0.1, 0.15) is 11.8 Å². The first-order valence-electron chi connectivity index (χ1n) is 28.7. The number of carboxylic acids is 3. The number of carbonyl (C=O) groups is 11. The summed E-state index contributed by atoms with van der Waals surface area (Å²) in [6.45, 7) is 4.36. The molecule has 31 nitrogen and oxygen atoms in total. The molecule has 31 heteroatoms. The maximum Gasteiger partial charge on any atom is 0.344 e. The van der Waals surface area contributed by atoms with E-state index in [0.29, 0.717) is 31.4 Å². The van der Waals surface area contributed by atoms with Crippen LogP contribution in [0.1, 0.15) is 56.6 Å². The largest absolute Gasteiger partial charge is 0.508 e. The van der Waals surface area contributed by atoms with Gasteiger partial charge in [0.25, 0.3) is 0 Å². The molecule has 0 aromatic heterocycles. The molecule has 0 aliphatic carbocycles. The third-order valence-corrected chi connectivity index (χ3v) is 13.9. The summed E-state index contributed by atoms with van der Waals surface area (Å²) in [4.78, 5) is 152. The van der Waals surface area contributed by atoms with Gasteiger partial charge < -0.3 is 78.1 Å². The smallest absolute Gasteiger partial charge is 0.344 e. The molecule has 9 amide bonds. The predicted molar refractivity (Wildman–Crippen MR) is 320 cm³/mol. The van der Waals surface area contributed by atoms with E-state index in [1.807, 2.05) is 0 Å². The van der Waals surface area contributed by atoms with Gasteiger partial charge in [0.15, 0.2) is 5.96 Å². The number of phenolic OH excluding ortho intramolecular Hbond substituents is 1. The van der Waals surface area contributed by atoms with Crippen LogP contribution in [0.3, 0.4) is 0 Å². The van der Waals surface area contributed by atoms with Gasteiger partial charge in [-0.25, -0.2) is 4.79 Å². The first kappa shape index (κ1) is 72.6. The highest BCUT2D eigenvalue weighted by Gasteiger charge is 2.27. The average Bonchev–Trinajstić information content (AvgIpc) is 3.65. The van der Waals surface area contributed by atoms with Crippen molar-refractivity contribution in [2.75, 3.05) is 157 Å². The minimum atomic E-state index is -1.09. The second kappa shape index (κ2) is 39.1. The average molecular weight is 1230 g/mol. The number of amides is 9. The number of aliphatic carboxylic acids is 3. The van der Waals surface area contributed by atoms with E-state index in [9.17, 15) is 73.2 Å². The van der Waals surface area contributed by atoms with Crippen LogP contribution in [0, 0.1) is 0 Å². The summed E-state index contributed by atoms with van der Waals surface area (Å²) < 4.78 is 0. The molecule has 3 rings (SSSR count). The number of nitrogens with one attached hydrogen (secondary N) is 7. The summed E-state index contributed by atoms with van der Waals surface area (Å²) in [6.07, 6.45) is 1.37. The third-order valence-electron chi connectivity index (χ3n) is 13.9. The lowest BCUT2D eigenvalue weighted by molar-refractivity contribution is -0.143.